The molecule has 2 N–H and O–H groups in total. The monoisotopic (exact) mass is 341 g/mol. The van der Waals surface area contributed by atoms with E-state index in [1.165, 1.54) is 22.3 Å². The maximum atomic E-state index is 6.08. The number of benzene rings is 2. The number of unbranched alkanes of at least 4 members (excludes halogenated alkanes) is 1. The van der Waals surface area contributed by atoms with Crippen LogP contribution in [0.3, 0.4) is 0 Å². The molecule has 0 amide bonds. The molecule has 0 saturated heterocycles. The lowest BCUT2D eigenvalue weighted by Gasteiger charge is -2.18. The predicted molar refractivity (Wildman–Crippen MR) is 105 cm³/mol. The summed E-state index contributed by atoms with van der Waals surface area (Å²) in [6, 6.07) is 12.8. The van der Waals surface area contributed by atoms with Gasteiger partial charge in [-0.2, -0.15) is 0 Å². The Kier molecular flexibility index (Phi) is 7.32. The first kappa shape index (κ1) is 19.3. The number of rotatable bonds is 9. The van der Waals surface area contributed by atoms with Crippen LogP contribution in [0.25, 0.3) is 0 Å². The number of hydrogen-bond donors (Lipinski definition) is 1. The SMILES string of the molecule is CCCCOc1cc(CC(CN)c2ccc(C)c(C)c2)ccc1OC. The van der Waals surface area contributed by atoms with Gasteiger partial charge in [-0.3, -0.25) is 0 Å². The van der Waals surface area contributed by atoms with Crippen LogP contribution in [0.5, 0.6) is 11.5 Å². The third-order valence-corrected chi connectivity index (χ3v) is 4.75. The van der Waals surface area contributed by atoms with E-state index in [0.717, 1.165) is 30.8 Å². The lowest BCUT2D eigenvalue weighted by molar-refractivity contribution is 0.288. The topological polar surface area (TPSA) is 44.5 Å². The zero-order valence-electron chi connectivity index (χ0n) is 16.0. The Morgan fingerprint density at radius 2 is 1.80 bits per heavy atom. The zero-order chi connectivity index (χ0) is 18.2. The van der Waals surface area contributed by atoms with Crippen molar-refractivity contribution in [2.45, 2.75) is 46.0 Å². The second-order valence-corrected chi connectivity index (χ2v) is 6.67. The largest absolute Gasteiger partial charge is 0.493 e. The molecule has 0 saturated carbocycles. The van der Waals surface area contributed by atoms with Crippen LogP contribution < -0.4 is 15.2 Å². The van der Waals surface area contributed by atoms with Crippen molar-refractivity contribution < 1.29 is 9.47 Å². The van der Waals surface area contributed by atoms with Crippen molar-refractivity contribution in [1.29, 1.82) is 0 Å². The molecule has 0 spiro atoms. The predicted octanol–water partition coefficient (Wildman–Crippen LogP) is 4.78. The minimum atomic E-state index is 0.302. The summed E-state index contributed by atoms with van der Waals surface area (Å²) >= 11 is 0. The highest BCUT2D eigenvalue weighted by atomic mass is 16.5. The van der Waals surface area contributed by atoms with Crippen molar-refractivity contribution in [3.05, 3.63) is 58.7 Å². The molecule has 0 bridgehead atoms. The van der Waals surface area contributed by atoms with Gasteiger partial charge in [0.2, 0.25) is 0 Å². The summed E-state index contributed by atoms with van der Waals surface area (Å²) in [6.45, 7) is 7.79. The molecule has 1 atom stereocenters. The third kappa shape index (κ3) is 5.23. The fourth-order valence-electron chi connectivity index (χ4n) is 2.93. The molecule has 3 heteroatoms. The van der Waals surface area contributed by atoms with Gasteiger partial charge in [-0.15, -0.1) is 0 Å². The van der Waals surface area contributed by atoms with Gasteiger partial charge in [0.05, 0.1) is 13.7 Å². The van der Waals surface area contributed by atoms with E-state index in [1.54, 1.807) is 7.11 Å². The molecule has 3 nitrogen and oxygen atoms in total. The molecule has 0 aliphatic carbocycles. The maximum Gasteiger partial charge on any atom is 0.161 e. The zero-order valence-corrected chi connectivity index (χ0v) is 16.0. The van der Waals surface area contributed by atoms with E-state index in [-0.39, 0.29) is 0 Å². The lowest BCUT2D eigenvalue weighted by Crippen LogP contribution is -2.15. The van der Waals surface area contributed by atoms with Crippen LogP contribution in [0.4, 0.5) is 0 Å². The Balaban J connectivity index is 2.18. The van der Waals surface area contributed by atoms with Crippen LogP contribution in [-0.4, -0.2) is 20.3 Å². The second-order valence-electron chi connectivity index (χ2n) is 6.67. The van der Waals surface area contributed by atoms with Gasteiger partial charge in [-0.05, 0) is 67.6 Å². The molecule has 0 fully saturated rings. The van der Waals surface area contributed by atoms with Crippen LogP contribution in [0, 0.1) is 13.8 Å². The number of methoxy groups -OCH3 is 1. The Morgan fingerprint density at radius 1 is 1.00 bits per heavy atom. The van der Waals surface area contributed by atoms with Crippen LogP contribution in [0.2, 0.25) is 0 Å². The first-order valence-corrected chi connectivity index (χ1v) is 9.16. The van der Waals surface area contributed by atoms with Gasteiger partial charge in [0.25, 0.3) is 0 Å². The number of nitrogens with two attached hydrogens (primary N) is 1. The summed E-state index contributed by atoms with van der Waals surface area (Å²) in [6.07, 6.45) is 3.05. The fourth-order valence-corrected chi connectivity index (χ4v) is 2.93. The Hall–Kier alpha value is -2.00. The molecular formula is C22H31NO2. The Labute approximate surface area is 152 Å². The summed E-state index contributed by atoms with van der Waals surface area (Å²) in [5.74, 6) is 1.91. The Bertz CT molecular complexity index is 682. The van der Waals surface area contributed by atoms with Crippen LogP contribution >= 0.6 is 0 Å². The van der Waals surface area contributed by atoms with Crippen molar-refractivity contribution in [1.82, 2.24) is 0 Å². The number of aryl methyl sites for hydroxylation is 2. The van der Waals surface area contributed by atoms with Gasteiger partial charge in [0.15, 0.2) is 11.5 Å². The highest BCUT2D eigenvalue weighted by molar-refractivity contribution is 5.44. The average molecular weight is 341 g/mol. The summed E-state index contributed by atoms with van der Waals surface area (Å²) in [7, 11) is 1.68. The normalized spacial score (nSPS) is 12.0. The van der Waals surface area contributed by atoms with Crippen molar-refractivity contribution in [3.8, 4) is 11.5 Å². The van der Waals surface area contributed by atoms with Gasteiger partial charge < -0.3 is 15.2 Å². The lowest BCUT2D eigenvalue weighted by atomic mass is 9.90. The third-order valence-electron chi connectivity index (χ3n) is 4.75. The van der Waals surface area contributed by atoms with E-state index in [4.69, 9.17) is 15.2 Å². The second kappa shape index (κ2) is 9.47. The minimum Gasteiger partial charge on any atom is -0.493 e. The molecular weight excluding hydrogens is 310 g/mol. The first-order chi connectivity index (χ1) is 12.1. The quantitative estimate of drug-likeness (QED) is 0.668. The highest BCUT2D eigenvalue weighted by Gasteiger charge is 2.14. The summed E-state index contributed by atoms with van der Waals surface area (Å²) in [5.41, 5.74) is 11.2. The molecule has 136 valence electrons. The van der Waals surface area contributed by atoms with E-state index >= 15 is 0 Å². The minimum absolute atomic E-state index is 0.302. The molecule has 0 heterocycles. The van der Waals surface area contributed by atoms with Gasteiger partial charge in [0, 0.05) is 5.92 Å². The van der Waals surface area contributed by atoms with E-state index in [9.17, 15) is 0 Å². The number of hydrogen-bond acceptors (Lipinski definition) is 3. The molecule has 2 rings (SSSR count). The molecule has 0 aromatic heterocycles. The van der Waals surface area contributed by atoms with E-state index in [0.29, 0.717) is 19.1 Å². The highest BCUT2D eigenvalue weighted by Crippen LogP contribution is 2.31. The maximum absolute atomic E-state index is 6.08. The van der Waals surface area contributed by atoms with Crippen molar-refractivity contribution in [2.75, 3.05) is 20.3 Å². The van der Waals surface area contributed by atoms with Crippen molar-refractivity contribution >= 4 is 0 Å². The average Bonchev–Trinajstić information content (AvgIpc) is 2.62. The van der Waals surface area contributed by atoms with E-state index in [1.807, 2.05) is 6.07 Å². The summed E-state index contributed by atoms with van der Waals surface area (Å²) < 4.78 is 11.3. The van der Waals surface area contributed by atoms with Gasteiger partial charge in [-0.25, -0.2) is 0 Å². The van der Waals surface area contributed by atoms with Crippen LogP contribution in [0.15, 0.2) is 36.4 Å². The summed E-state index contributed by atoms with van der Waals surface area (Å²) in [4.78, 5) is 0. The first-order valence-electron chi connectivity index (χ1n) is 9.16. The summed E-state index contributed by atoms with van der Waals surface area (Å²) in [5, 5.41) is 0. The molecule has 0 aliphatic heterocycles. The Morgan fingerprint density at radius 3 is 2.44 bits per heavy atom. The molecule has 25 heavy (non-hydrogen) atoms. The molecule has 1 unspecified atom stereocenters. The van der Waals surface area contributed by atoms with Crippen molar-refractivity contribution in [3.63, 3.8) is 0 Å². The smallest absolute Gasteiger partial charge is 0.161 e. The molecule has 0 radical (unpaired) electrons. The van der Waals surface area contributed by atoms with E-state index < -0.39 is 0 Å². The van der Waals surface area contributed by atoms with Crippen LogP contribution in [-0.2, 0) is 6.42 Å². The molecule has 2 aromatic carbocycles. The number of ether oxygens (including phenoxy) is 2. The fraction of sp³-hybridized carbons (Fsp3) is 0.455. The van der Waals surface area contributed by atoms with Gasteiger partial charge >= 0.3 is 0 Å². The van der Waals surface area contributed by atoms with Gasteiger partial charge in [0.1, 0.15) is 0 Å². The molecule has 2 aromatic rings. The van der Waals surface area contributed by atoms with Gasteiger partial charge in [-0.1, -0.05) is 37.6 Å². The van der Waals surface area contributed by atoms with Crippen LogP contribution in [0.1, 0.15) is 47.9 Å². The standard InChI is InChI=1S/C22H31NO2/c1-5-6-11-25-22-14-18(8-10-21(22)24-4)13-20(15-23)19-9-7-16(2)17(3)12-19/h7-10,12,14,20H,5-6,11,13,15,23H2,1-4H3. The molecule has 0 aliphatic rings. The van der Waals surface area contributed by atoms with E-state index in [2.05, 4.69) is 51.1 Å². The van der Waals surface area contributed by atoms with Crippen molar-refractivity contribution in [2.24, 2.45) is 5.73 Å².